The highest BCUT2D eigenvalue weighted by molar-refractivity contribution is 5.73. The second-order valence-electron chi connectivity index (χ2n) is 4.61. The van der Waals surface area contributed by atoms with E-state index >= 15 is 0 Å². The van der Waals surface area contributed by atoms with Crippen LogP contribution < -0.4 is 11.1 Å². The van der Waals surface area contributed by atoms with E-state index in [2.05, 4.69) is 10.4 Å². The normalized spacial score (nSPS) is 11.9. The molecule has 1 unspecified atom stereocenters. The molecule has 3 N–H and O–H groups in total. The van der Waals surface area contributed by atoms with E-state index in [1.807, 2.05) is 6.92 Å². The Balaban J connectivity index is 2.08. The maximum atomic E-state index is 10.8. The number of nitrogens with zero attached hydrogens (tertiary/aromatic N) is 3. The number of primary amides is 1. The Hall–Kier alpha value is -2.90. The number of nitro groups is 1. The third kappa shape index (κ3) is 3.78. The van der Waals surface area contributed by atoms with Gasteiger partial charge in [-0.1, -0.05) is 12.1 Å². The summed E-state index contributed by atoms with van der Waals surface area (Å²) in [7, 11) is 0. The van der Waals surface area contributed by atoms with E-state index in [-0.39, 0.29) is 18.3 Å². The van der Waals surface area contributed by atoms with Crippen LogP contribution >= 0.6 is 0 Å². The zero-order chi connectivity index (χ0) is 15.4. The summed E-state index contributed by atoms with van der Waals surface area (Å²) in [6.07, 6.45) is 3.22. The van der Waals surface area contributed by atoms with Crippen LogP contribution in [0.3, 0.4) is 0 Å². The summed E-state index contributed by atoms with van der Waals surface area (Å²) >= 11 is 0. The van der Waals surface area contributed by atoms with Crippen LogP contribution in [0.25, 0.3) is 0 Å². The van der Waals surface area contributed by atoms with E-state index in [9.17, 15) is 14.9 Å². The van der Waals surface area contributed by atoms with Gasteiger partial charge in [0, 0.05) is 24.4 Å². The fraction of sp³-hybridized carbons (Fsp3) is 0.231. The van der Waals surface area contributed by atoms with Crippen molar-refractivity contribution in [1.82, 2.24) is 9.78 Å². The molecule has 0 saturated carbocycles. The Morgan fingerprint density at radius 1 is 1.57 bits per heavy atom. The lowest BCUT2D eigenvalue weighted by Gasteiger charge is -2.13. The van der Waals surface area contributed by atoms with Gasteiger partial charge < -0.3 is 11.1 Å². The Kier molecular flexibility index (Phi) is 4.17. The van der Waals surface area contributed by atoms with Gasteiger partial charge in [-0.2, -0.15) is 5.10 Å². The number of anilines is 1. The fourth-order valence-corrected chi connectivity index (χ4v) is 1.93. The summed E-state index contributed by atoms with van der Waals surface area (Å²) in [6, 6.07) is 6.27. The van der Waals surface area contributed by atoms with Crippen molar-refractivity contribution in [3.8, 4) is 0 Å². The van der Waals surface area contributed by atoms with E-state index in [4.69, 9.17) is 5.73 Å². The van der Waals surface area contributed by atoms with Crippen molar-refractivity contribution in [2.45, 2.75) is 19.5 Å². The molecule has 0 bridgehead atoms. The number of non-ortho nitro benzene ring substituents is 1. The van der Waals surface area contributed by atoms with Crippen molar-refractivity contribution in [3.63, 3.8) is 0 Å². The van der Waals surface area contributed by atoms with Crippen LogP contribution in [0, 0.1) is 10.1 Å². The first kappa shape index (κ1) is 14.5. The third-order valence-electron chi connectivity index (χ3n) is 2.92. The van der Waals surface area contributed by atoms with Crippen molar-refractivity contribution in [2.75, 3.05) is 5.32 Å². The number of aromatic nitrogens is 2. The minimum Gasteiger partial charge on any atom is -0.376 e. The van der Waals surface area contributed by atoms with Gasteiger partial charge >= 0.3 is 0 Å². The van der Waals surface area contributed by atoms with Gasteiger partial charge in [-0.3, -0.25) is 19.6 Å². The van der Waals surface area contributed by atoms with E-state index < -0.39 is 10.8 Å². The Morgan fingerprint density at radius 3 is 3.00 bits per heavy atom. The van der Waals surface area contributed by atoms with Crippen LogP contribution in [0.15, 0.2) is 36.7 Å². The lowest BCUT2D eigenvalue weighted by Crippen LogP contribution is -2.18. The van der Waals surface area contributed by atoms with Crippen molar-refractivity contribution < 1.29 is 9.72 Å². The van der Waals surface area contributed by atoms with Gasteiger partial charge in [-0.25, -0.2) is 0 Å². The molecule has 0 fully saturated rings. The molecule has 1 heterocycles. The summed E-state index contributed by atoms with van der Waals surface area (Å²) < 4.78 is 1.42. The molecular formula is C13H15N5O3. The smallest absolute Gasteiger partial charge is 0.269 e. The van der Waals surface area contributed by atoms with Crippen molar-refractivity contribution in [1.29, 1.82) is 0 Å². The van der Waals surface area contributed by atoms with E-state index in [1.165, 1.54) is 16.8 Å². The molecule has 0 aliphatic rings. The molecule has 8 heteroatoms. The third-order valence-corrected chi connectivity index (χ3v) is 2.92. The van der Waals surface area contributed by atoms with Gasteiger partial charge in [0.05, 0.1) is 16.8 Å². The number of hydrogen-bond acceptors (Lipinski definition) is 5. The average molecular weight is 289 g/mol. The number of carbonyl (C=O) groups excluding carboxylic acids is 1. The Bertz CT molecular complexity index is 667. The van der Waals surface area contributed by atoms with Crippen LogP contribution in [0.1, 0.15) is 18.5 Å². The minimum absolute atomic E-state index is 0.00682. The molecule has 2 rings (SSSR count). The minimum atomic E-state index is -0.476. The van der Waals surface area contributed by atoms with E-state index in [0.29, 0.717) is 5.69 Å². The molecule has 1 atom stereocenters. The molecule has 0 aliphatic heterocycles. The average Bonchev–Trinajstić information content (AvgIpc) is 2.85. The van der Waals surface area contributed by atoms with Crippen LogP contribution in [0.2, 0.25) is 0 Å². The lowest BCUT2D eigenvalue weighted by molar-refractivity contribution is -0.384. The van der Waals surface area contributed by atoms with Gasteiger partial charge in [0.1, 0.15) is 6.54 Å². The summed E-state index contributed by atoms with van der Waals surface area (Å²) in [5.74, 6) is -0.476. The Labute approximate surface area is 120 Å². The molecular weight excluding hydrogens is 274 g/mol. The molecule has 21 heavy (non-hydrogen) atoms. The second kappa shape index (κ2) is 6.04. The van der Waals surface area contributed by atoms with E-state index in [0.717, 1.165) is 5.56 Å². The predicted molar refractivity (Wildman–Crippen MR) is 76.6 cm³/mol. The largest absolute Gasteiger partial charge is 0.376 e. The monoisotopic (exact) mass is 289 g/mol. The van der Waals surface area contributed by atoms with Crippen molar-refractivity contribution in [2.24, 2.45) is 5.73 Å². The van der Waals surface area contributed by atoms with Crippen molar-refractivity contribution >= 4 is 17.3 Å². The predicted octanol–water partition coefficient (Wildman–Crippen LogP) is 1.45. The van der Waals surface area contributed by atoms with Crippen LogP contribution in [-0.2, 0) is 11.3 Å². The molecule has 2 aromatic rings. The quantitative estimate of drug-likeness (QED) is 0.616. The van der Waals surface area contributed by atoms with Gasteiger partial charge in [-0.15, -0.1) is 0 Å². The first-order chi connectivity index (χ1) is 9.95. The zero-order valence-electron chi connectivity index (χ0n) is 11.4. The molecule has 1 amide bonds. The molecule has 0 spiro atoms. The van der Waals surface area contributed by atoms with Crippen molar-refractivity contribution in [3.05, 3.63) is 52.3 Å². The van der Waals surface area contributed by atoms with Crippen LogP contribution in [0.4, 0.5) is 11.4 Å². The van der Waals surface area contributed by atoms with Crippen LogP contribution in [0.5, 0.6) is 0 Å². The summed E-state index contributed by atoms with van der Waals surface area (Å²) in [5, 5.41) is 17.9. The molecule has 1 aromatic carbocycles. The molecule has 8 nitrogen and oxygen atoms in total. The first-order valence-corrected chi connectivity index (χ1v) is 6.27. The Morgan fingerprint density at radius 2 is 2.33 bits per heavy atom. The topological polar surface area (TPSA) is 116 Å². The lowest BCUT2D eigenvalue weighted by atomic mass is 10.1. The molecule has 110 valence electrons. The SMILES string of the molecule is CC(Nc1cnn(CC(N)=O)c1)c1cccc([N+](=O)[O-])c1. The second-order valence-corrected chi connectivity index (χ2v) is 4.61. The highest BCUT2D eigenvalue weighted by Gasteiger charge is 2.11. The van der Waals surface area contributed by atoms with Gasteiger partial charge in [-0.05, 0) is 12.5 Å². The van der Waals surface area contributed by atoms with Crippen LogP contribution in [-0.4, -0.2) is 20.6 Å². The number of benzene rings is 1. The maximum absolute atomic E-state index is 10.8. The zero-order valence-corrected chi connectivity index (χ0v) is 11.4. The molecule has 0 saturated heterocycles. The van der Waals surface area contributed by atoms with Gasteiger partial charge in [0.15, 0.2) is 0 Å². The standard InChI is InChI=1S/C13H15N5O3/c1-9(10-3-2-4-12(5-10)18(20)21)16-11-6-15-17(7-11)8-13(14)19/h2-7,9,16H,8H2,1H3,(H2,14,19). The number of nitrogens with one attached hydrogen (secondary N) is 1. The van der Waals surface area contributed by atoms with E-state index in [1.54, 1.807) is 24.5 Å². The number of nitrogens with two attached hydrogens (primary N) is 1. The fourth-order valence-electron chi connectivity index (χ4n) is 1.93. The highest BCUT2D eigenvalue weighted by atomic mass is 16.6. The number of hydrogen-bond donors (Lipinski definition) is 2. The summed E-state index contributed by atoms with van der Waals surface area (Å²) in [6.45, 7) is 1.89. The number of nitro benzene ring substituents is 1. The number of carbonyl (C=O) groups is 1. The molecule has 0 aliphatic carbocycles. The number of rotatable bonds is 6. The van der Waals surface area contributed by atoms with Gasteiger partial charge in [0.2, 0.25) is 5.91 Å². The molecule has 0 radical (unpaired) electrons. The summed E-state index contributed by atoms with van der Waals surface area (Å²) in [4.78, 5) is 21.1. The number of amides is 1. The highest BCUT2D eigenvalue weighted by Crippen LogP contribution is 2.22. The first-order valence-electron chi connectivity index (χ1n) is 6.27. The maximum Gasteiger partial charge on any atom is 0.269 e. The summed E-state index contributed by atoms with van der Waals surface area (Å²) in [5.41, 5.74) is 6.62. The molecule has 1 aromatic heterocycles. The van der Waals surface area contributed by atoms with Gasteiger partial charge in [0.25, 0.3) is 5.69 Å².